The van der Waals surface area contributed by atoms with Gasteiger partial charge in [-0.1, -0.05) is 41.5 Å². The van der Waals surface area contributed by atoms with Gasteiger partial charge in [0.05, 0.1) is 0 Å². The number of aryl methyl sites for hydroxylation is 1. The summed E-state index contributed by atoms with van der Waals surface area (Å²) in [5, 5.41) is 0. The van der Waals surface area contributed by atoms with Gasteiger partial charge in [0.2, 0.25) is 0 Å². The van der Waals surface area contributed by atoms with Crippen molar-refractivity contribution in [3.05, 3.63) is 22.6 Å². The zero-order valence-electron chi connectivity index (χ0n) is 11.1. The summed E-state index contributed by atoms with van der Waals surface area (Å²) in [6, 6.07) is 0. The van der Waals surface area contributed by atoms with Crippen molar-refractivity contribution in [2.75, 3.05) is 0 Å². The largest absolute Gasteiger partial charge is 0.465 e. The summed E-state index contributed by atoms with van der Waals surface area (Å²) in [7, 11) is 0. The highest BCUT2D eigenvalue weighted by molar-refractivity contribution is 5.39. The van der Waals surface area contributed by atoms with E-state index in [2.05, 4.69) is 48.5 Å². The molecule has 15 heavy (non-hydrogen) atoms. The SMILES string of the molecule is Cc1oc(C(C)C)c(C(C)C)c1C(C)C. The monoisotopic (exact) mass is 208 g/mol. The third-order valence-electron chi connectivity index (χ3n) is 2.88. The van der Waals surface area contributed by atoms with Gasteiger partial charge in [0.15, 0.2) is 0 Å². The predicted molar refractivity (Wildman–Crippen MR) is 65.7 cm³/mol. The van der Waals surface area contributed by atoms with E-state index in [9.17, 15) is 0 Å². The standard InChI is InChI=1S/C14H24O/c1-8(2)12-11(7)15-14(10(5)6)13(12)9(3)4/h8-10H,1-7H3. The fourth-order valence-electron chi connectivity index (χ4n) is 2.34. The molecule has 1 aromatic heterocycles. The molecule has 0 unspecified atom stereocenters. The van der Waals surface area contributed by atoms with Crippen molar-refractivity contribution in [1.82, 2.24) is 0 Å². The summed E-state index contributed by atoms with van der Waals surface area (Å²) in [5.41, 5.74) is 2.87. The van der Waals surface area contributed by atoms with E-state index in [1.807, 2.05) is 0 Å². The fraction of sp³-hybridized carbons (Fsp3) is 0.714. The van der Waals surface area contributed by atoms with Gasteiger partial charge < -0.3 is 4.42 Å². The lowest BCUT2D eigenvalue weighted by Gasteiger charge is -2.13. The minimum atomic E-state index is 0.480. The normalized spacial score (nSPS) is 12.1. The molecule has 0 N–H and O–H groups in total. The van der Waals surface area contributed by atoms with Crippen molar-refractivity contribution in [3.8, 4) is 0 Å². The highest BCUT2D eigenvalue weighted by Crippen LogP contribution is 2.37. The van der Waals surface area contributed by atoms with Crippen molar-refractivity contribution < 1.29 is 4.42 Å². The Labute approximate surface area is 93.9 Å². The van der Waals surface area contributed by atoms with Crippen LogP contribution in [0.2, 0.25) is 0 Å². The second-order valence-corrected chi connectivity index (χ2v) is 5.31. The van der Waals surface area contributed by atoms with Gasteiger partial charge in [-0.3, -0.25) is 0 Å². The molecule has 0 fully saturated rings. The topological polar surface area (TPSA) is 13.1 Å². The third-order valence-corrected chi connectivity index (χ3v) is 2.88. The summed E-state index contributed by atoms with van der Waals surface area (Å²) >= 11 is 0. The van der Waals surface area contributed by atoms with Crippen LogP contribution in [0.4, 0.5) is 0 Å². The lowest BCUT2D eigenvalue weighted by Crippen LogP contribution is -2.00. The van der Waals surface area contributed by atoms with Crippen LogP contribution < -0.4 is 0 Å². The van der Waals surface area contributed by atoms with E-state index in [1.165, 1.54) is 16.9 Å². The first-order valence-corrected chi connectivity index (χ1v) is 5.99. The fourth-order valence-corrected chi connectivity index (χ4v) is 2.34. The molecular weight excluding hydrogens is 184 g/mol. The molecule has 0 aromatic carbocycles. The Morgan fingerprint density at radius 3 is 1.53 bits per heavy atom. The minimum absolute atomic E-state index is 0.480. The van der Waals surface area contributed by atoms with Gasteiger partial charge in [-0.05, 0) is 24.3 Å². The molecule has 0 radical (unpaired) electrons. The molecule has 0 spiro atoms. The quantitative estimate of drug-likeness (QED) is 0.684. The van der Waals surface area contributed by atoms with Crippen LogP contribution in [0.3, 0.4) is 0 Å². The minimum Gasteiger partial charge on any atom is -0.465 e. The first-order valence-electron chi connectivity index (χ1n) is 5.99. The molecule has 0 saturated carbocycles. The van der Waals surface area contributed by atoms with Crippen LogP contribution in [-0.4, -0.2) is 0 Å². The summed E-state index contributed by atoms with van der Waals surface area (Å²) in [5.74, 6) is 3.88. The van der Waals surface area contributed by atoms with E-state index < -0.39 is 0 Å². The Kier molecular flexibility index (Phi) is 3.64. The molecule has 1 aromatic rings. The Balaban J connectivity index is 3.38. The van der Waals surface area contributed by atoms with E-state index in [4.69, 9.17) is 4.42 Å². The van der Waals surface area contributed by atoms with E-state index in [1.54, 1.807) is 0 Å². The first-order chi connectivity index (χ1) is 6.86. The number of hydrogen-bond acceptors (Lipinski definition) is 1. The van der Waals surface area contributed by atoms with Gasteiger partial charge in [0, 0.05) is 11.5 Å². The van der Waals surface area contributed by atoms with Crippen LogP contribution >= 0.6 is 0 Å². The van der Waals surface area contributed by atoms with Crippen molar-refractivity contribution in [2.45, 2.75) is 66.2 Å². The molecular formula is C14H24O. The van der Waals surface area contributed by atoms with Gasteiger partial charge >= 0.3 is 0 Å². The number of rotatable bonds is 3. The van der Waals surface area contributed by atoms with Crippen molar-refractivity contribution in [3.63, 3.8) is 0 Å². The van der Waals surface area contributed by atoms with Crippen molar-refractivity contribution in [2.24, 2.45) is 0 Å². The van der Waals surface area contributed by atoms with Gasteiger partial charge in [0.1, 0.15) is 11.5 Å². The van der Waals surface area contributed by atoms with E-state index >= 15 is 0 Å². The molecule has 0 amide bonds. The first kappa shape index (κ1) is 12.4. The van der Waals surface area contributed by atoms with E-state index in [0.717, 1.165) is 5.76 Å². The van der Waals surface area contributed by atoms with E-state index in [-0.39, 0.29) is 0 Å². The molecule has 1 nitrogen and oxygen atoms in total. The molecule has 1 rings (SSSR count). The second-order valence-electron chi connectivity index (χ2n) is 5.31. The number of furan rings is 1. The Hall–Kier alpha value is -0.720. The van der Waals surface area contributed by atoms with Crippen LogP contribution in [0.25, 0.3) is 0 Å². The van der Waals surface area contributed by atoms with Crippen LogP contribution in [-0.2, 0) is 0 Å². The van der Waals surface area contributed by atoms with Crippen LogP contribution in [0.5, 0.6) is 0 Å². The summed E-state index contributed by atoms with van der Waals surface area (Å²) in [4.78, 5) is 0. The zero-order chi connectivity index (χ0) is 11.7. The zero-order valence-corrected chi connectivity index (χ0v) is 11.1. The van der Waals surface area contributed by atoms with E-state index in [0.29, 0.717) is 17.8 Å². The molecule has 0 atom stereocenters. The predicted octanol–water partition coefficient (Wildman–Crippen LogP) is 4.96. The van der Waals surface area contributed by atoms with Crippen LogP contribution in [0.1, 0.15) is 81.9 Å². The average molecular weight is 208 g/mol. The molecule has 0 bridgehead atoms. The molecule has 0 aliphatic carbocycles. The summed E-state index contributed by atoms with van der Waals surface area (Å²) in [6.07, 6.45) is 0. The van der Waals surface area contributed by atoms with Crippen molar-refractivity contribution >= 4 is 0 Å². The molecule has 86 valence electrons. The maximum absolute atomic E-state index is 5.93. The smallest absolute Gasteiger partial charge is 0.110 e. The molecule has 0 aliphatic rings. The lowest BCUT2D eigenvalue weighted by molar-refractivity contribution is 0.455. The molecule has 1 heteroatoms. The van der Waals surface area contributed by atoms with Crippen LogP contribution in [0.15, 0.2) is 4.42 Å². The third kappa shape index (κ3) is 2.27. The average Bonchev–Trinajstić information content (AvgIpc) is 2.42. The molecule has 0 saturated heterocycles. The number of hydrogen-bond donors (Lipinski definition) is 0. The van der Waals surface area contributed by atoms with Gasteiger partial charge in [0.25, 0.3) is 0 Å². The van der Waals surface area contributed by atoms with Gasteiger partial charge in [-0.2, -0.15) is 0 Å². The summed E-state index contributed by atoms with van der Waals surface area (Å²) < 4.78 is 5.93. The van der Waals surface area contributed by atoms with Crippen molar-refractivity contribution in [1.29, 1.82) is 0 Å². The highest BCUT2D eigenvalue weighted by atomic mass is 16.3. The van der Waals surface area contributed by atoms with Gasteiger partial charge in [-0.15, -0.1) is 0 Å². The summed E-state index contributed by atoms with van der Waals surface area (Å²) in [6.45, 7) is 15.5. The second kappa shape index (κ2) is 4.42. The lowest BCUT2D eigenvalue weighted by atomic mass is 9.89. The Morgan fingerprint density at radius 1 is 0.733 bits per heavy atom. The van der Waals surface area contributed by atoms with Gasteiger partial charge in [-0.25, -0.2) is 0 Å². The molecule has 0 aliphatic heterocycles. The molecule has 1 heterocycles. The maximum Gasteiger partial charge on any atom is 0.110 e. The maximum atomic E-state index is 5.93. The Bertz CT molecular complexity index is 329. The Morgan fingerprint density at radius 2 is 1.20 bits per heavy atom. The highest BCUT2D eigenvalue weighted by Gasteiger charge is 2.23. The van der Waals surface area contributed by atoms with Crippen LogP contribution in [0, 0.1) is 6.92 Å².